The quantitative estimate of drug-likeness (QED) is 0.249. The maximum atomic E-state index is 14.2. The number of nitrogens with zero attached hydrogens (tertiary/aromatic N) is 1. The van der Waals surface area contributed by atoms with Gasteiger partial charge in [-0.25, -0.2) is 0 Å². The van der Waals surface area contributed by atoms with Crippen molar-refractivity contribution < 1.29 is 68.0 Å². The molecule has 320 valence electrons. The van der Waals surface area contributed by atoms with Gasteiger partial charge in [-0.15, -0.1) is 0 Å². The molecule has 15 heteroatoms. The van der Waals surface area contributed by atoms with Crippen molar-refractivity contribution in [3.63, 3.8) is 0 Å². The van der Waals surface area contributed by atoms with Crippen LogP contribution in [0.1, 0.15) is 108 Å². The first-order valence-corrected chi connectivity index (χ1v) is 19.9. The Morgan fingerprint density at radius 3 is 2.05 bits per heavy atom. The summed E-state index contributed by atoms with van der Waals surface area (Å²) in [5.41, 5.74) is -4.92. The highest BCUT2D eigenvalue weighted by atomic mass is 16.7. The highest BCUT2D eigenvalue weighted by molar-refractivity contribution is 5.83. The fourth-order valence-electron chi connectivity index (χ4n) is 8.76. The molecule has 0 aromatic carbocycles. The van der Waals surface area contributed by atoms with Gasteiger partial charge in [-0.1, -0.05) is 34.6 Å². The van der Waals surface area contributed by atoms with Gasteiger partial charge in [-0.05, 0) is 74.9 Å². The first-order valence-electron chi connectivity index (χ1n) is 19.9. The molecule has 0 spiro atoms. The van der Waals surface area contributed by atoms with Crippen LogP contribution in [0.4, 0.5) is 0 Å². The van der Waals surface area contributed by atoms with Gasteiger partial charge in [0.05, 0.1) is 53.7 Å². The molecule has 3 aliphatic heterocycles. The third-order valence-electron chi connectivity index (χ3n) is 12.4. The standard InChI is InChI=1S/C40H71NO14/c1-15-27-40(11,48)33(44)22(5)30(43)20(3)18-38(9,47)35(55-37-32(53-28(42)16-2)26(41(12)13)17-21(4)50-37)23(6)31(24(7)36(46)52-27)54-29-19-39(10,49-14)34(45)25(8)51-29/h20-27,29,31-35,37,44-45,47-48H,15-19H2,1-14H3/t20-,21-,22+,23+,24-,25+,26-,27-,29-,31+,32+,33-,34-,35-,37+,38-,39+,40-/m1/s1. The van der Waals surface area contributed by atoms with Gasteiger partial charge in [0.15, 0.2) is 18.7 Å². The Kier molecular flexibility index (Phi) is 16.3. The Labute approximate surface area is 327 Å². The minimum Gasteiger partial charge on any atom is -0.459 e. The van der Waals surface area contributed by atoms with Crippen LogP contribution in [0, 0.1) is 23.7 Å². The van der Waals surface area contributed by atoms with Crippen molar-refractivity contribution in [1.29, 1.82) is 0 Å². The van der Waals surface area contributed by atoms with Crippen LogP contribution in [0.2, 0.25) is 0 Å². The second kappa shape index (κ2) is 18.9. The maximum absolute atomic E-state index is 14.2. The third-order valence-corrected chi connectivity index (χ3v) is 12.4. The Morgan fingerprint density at radius 1 is 0.891 bits per heavy atom. The van der Waals surface area contributed by atoms with E-state index in [1.54, 1.807) is 48.5 Å². The predicted molar refractivity (Wildman–Crippen MR) is 200 cm³/mol. The monoisotopic (exact) mass is 789 g/mol. The third kappa shape index (κ3) is 10.6. The number of methoxy groups -OCH3 is 1. The second-order valence-corrected chi connectivity index (χ2v) is 17.3. The summed E-state index contributed by atoms with van der Waals surface area (Å²) in [6.07, 6.45) is -9.68. The summed E-state index contributed by atoms with van der Waals surface area (Å²) < 4.78 is 43.6. The van der Waals surface area contributed by atoms with E-state index in [0.717, 1.165) is 0 Å². The molecule has 0 amide bonds. The Morgan fingerprint density at radius 2 is 1.51 bits per heavy atom. The van der Waals surface area contributed by atoms with Crippen LogP contribution >= 0.6 is 0 Å². The van der Waals surface area contributed by atoms with Crippen molar-refractivity contribution >= 4 is 17.7 Å². The molecule has 4 N–H and O–H groups in total. The van der Waals surface area contributed by atoms with Gasteiger partial charge in [-0.2, -0.15) is 0 Å². The van der Waals surface area contributed by atoms with Gasteiger partial charge >= 0.3 is 11.9 Å². The molecule has 3 aliphatic rings. The average molecular weight is 790 g/mol. The van der Waals surface area contributed by atoms with Crippen LogP contribution in [0.15, 0.2) is 0 Å². The number of likely N-dealkylation sites (N-methyl/N-ethyl adjacent to an activating group) is 1. The number of carbonyl (C=O) groups excluding carboxylic acids is 3. The van der Waals surface area contributed by atoms with E-state index in [1.807, 2.05) is 25.9 Å². The first kappa shape index (κ1) is 47.6. The summed E-state index contributed by atoms with van der Waals surface area (Å²) >= 11 is 0. The first-order chi connectivity index (χ1) is 25.4. The minimum atomic E-state index is -2.01. The summed E-state index contributed by atoms with van der Waals surface area (Å²) in [5.74, 6) is -5.59. The number of ketones is 1. The summed E-state index contributed by atoms with van der Waals surface area (Å²) in [5, 5.41) is 46.6. The summed E-state index contributed by atoms with van der Waals surface area (Å²) in [6.45, 7) is 18.0. The number of ether oxygens (including phenoxy) is 7. The zero-order valence-electron chi connectivity index (χ0n) is 35.5. The van der Waals surface area contributed by atoms with Crippen molar-refractivity contribution in [2.75, 3.05) is 21.2 Å². The maximum Gasteiger partial charge on any atom is 0.311 e. The number of Topliss-reactive ketones (excluding diaryl/α,β-unsaturated/α-hetero) is 1. The van der Waals surface area contributed by atoms with Crippen molar-refractivity contribution in [2.45, 2.75) is 193 Å². The lowest BCUT2D eigenvalue weighted by atomic mass is 9.74. The number of rotatable bonds is 9. The minimum absolute atomic E-state index is 0.0760. The van der Waals surface area contributed by atoms with Crippen LogP contribution in [-0.4, -0.2) is 149 Å². The van der Waals surface area contributed by atoms with Crippen molar-refractivity contribution in [3.05, 3.63) is 0 Å². The van der Waals surface area contributed by atoms with Gasteiger partial charge in [0.25, 0.3) is 0 Å². The predicted octanol–water partition coefficient (Wildman–Crippen LogP) is 2.75. The molecule has 0 aromatic rings. The fraction of sp³-hybridized carbons (Fsp3) is 0.925. The molecule has 3 fully saturated rings. The van der Waals surface area contributed by atoms with Crippen molar-refractivity contribution in [2.24, 2.45) is 23.7 Å². The fourth-order valence-corrected chi connectivity index (χ4v) is 8.76. The Hall–Kier alpha value is -1.79. The van der Waals surface area contributed by atoms with E-state index in [1.165, 1.54) is 27.9 Å². The SMILES string of the molecule is CCC(=O)O[C@@H]1[C@H](O[C@@H]2[C@@H](C)[C@H](O[C@@H]3C[C@](C)(OC)[C@H](O)[C@H](C)O3)[C@@H](C)C(=O)O[C@H](CC)[C@@](C)(O)[C@H](O)[C@@H](C)C(=O)[C@H](C)C[C@@]2(C)O)O[C@H](C)C[C@H]1N(C)C. The van der Waals surface area contributed by atoms with Crippen LogP contribution in [0.25, 0.3) is 0 Å². The molecule has 3 saturated heterocycles. The molecule has 3 heterocycles. The summed E-state index contributed by atoms with van der Waals surface area (Å²) in [6, 6.07) is -0.319. The molecule has 0 bridgehead atoms. The molecular weight excluding hydrogens is 718 g/mol. The largest absolute Gasteiger partial charge is 0.459 e. The number of aliphatic hydroxyl groups excluding tert-OH is 2. The topological polar surface area (TPSA) is 200 Å². The molecule has 0 aliphatic carbocycles. The molecule has 15 nitrogen and oxygen atoms in total. The number of hydrogen-bond donors (Lipinski definition) is 4. The van der Waals surface area contributed by atoms with Gasteiger partial charge < -0.3 is 58.5 Å². The van der Waals surface area contributed by atoms with Gasteiger partial charge in [0.1, 0.15) is 23.6 Å². The Balaban J connectivity index is 2.24. The molecule has 0 unspecified atom stereocenters. The van der Waals surface area contributed by atoms with Crippen LogP contribution in [-0.2, 0) is 47.5 Å². The van der Waals surface area contributed by atoms with Gasteiger partial charge in [0, 0.05) is 37.7 Å². The Bertz CT molecular complexity index is 1290. The van der Waals surface area contributed by atoms with Crippen LogP contribution in [0.3, 0.4) is 0 Å². The van der Waals surface area contributed by atoms with E-state index in [0.29, 0.717) is 6.42 Å². The molecule has 0 aromatic heterocycles. The van der Waals surface area contributed by atoms with Crippen LogP contribution < -0.4 is 0 Å². The van der Waals surface area contributed by atoms with Gasteiger partial charge in [0.2, 0.25) is 0 Å². The lowest BCUT2D eigenvalue weighted by molar-refractivity contribution is -0.319. The van der Waals surface area contributed by atoms with E-state index in [4.69, 9.17) is 33.2 Å². The zero-order chi connectivity index (χ0) is 42.0. The van der Waals surface area contributed by atoms with E-state index in [2.05, 4.69) is 0 Å². The summed E-state index contributed by atoms with van der Waals surface area (Å²) in [7, 11) is 5.21. The zero-order valence-corrected chi connectivity index (χ0v) is 35.5. The molecular formula is C40H71NO14. The lowest BCUT2D eigenvalue weighted by Crippen LogP contribution is -2.61. The smallest absolute Gasteiger partial charge is 0.311 e. The molecule has 3 rings (SSSR count). The molecule has 0 radical (unpaired) electrons. The number of hydrogen-bond acceptors (Lipinski definition) is 15. The van der Waals surface area contributed by atoms with E-state index < -0.39 is 114 Å². The van der Waals surface area contributed by atoms with E-state index >= 15 is 0 Å². The number of aliphatic hydroxyl groups is 4. The van der Waals surface area contributed by atoms with Crippen LogP contribution in [0.5, 0.6) is 0 Å². The highest BCUT2D eigenvalue weighted by Gasteiger charge is 2.54. The second-order valence-electron chi connectivity index (χ2n) is 17.3. The normalized spacial score (nSPS) is 46.9. The number of esters is 2. The number of carbonyl (C=O) groups is 3. The highest BCUT2D eigenvalue weighted by Crippen LogP contribution is 2.41. The molecule has 55 heavy (non-hydrogen) atoms. The van der Waals surface area contributed by atoms with E-state index in [9.17, 15) is 34.8 Å². The molecule has 0 saturated carbocycles. The van der Waals surface area contributed by atoms with E-state index in [-0.39, 0.29) is 37.8 Å². The van der Waals surface area contributed by atoms with Crippen molar-refractivity contribution in [3.8, 4) is 0 Å². The van der Waals surface area contributed by atoms with Gasteiger partial charge in [-0.3, -0.25) is 14.4 Å². The average Bonchev–Trinajstić information content (AvgIpc) is 3.11. The van der Waals surface area contributed by atoms with Crippen molar-refractivity contribution in [1.82, 2.24) is 4.90 Å². The number of cyclic esters (lactones) is 1. The molecule has 18 atom stereocenters. The summed E-state index contributed by atoms with van der Waals surface area (Å²) in [4.78, 5) is 42.9. The lowest BCUT2D eigenvalue weighted by Gasteiger charge is -2.49.